The van der Waals surface area contributed by atoms with E-state index in [1.165, 1.54) is 12.1 Å². The summed E-state index contributed by atoms with van der Waals surface area (Å²) in [4.78, 5) is 21.9. The third-order valence-corrected chi connectivity index (χ3v) is 6.00. The minimum Gasteiger partial charge on any atom is -0.389 e. The highest BCUT2D eigenvalue weighted by molar-refractivity contribution is 5.96. The molecule has 0 radical (unpaired) electrons. The fourth-order valence-electron chi connectivity index (χ4n) is 3.95. The van der Waals surface area contributed by atoms with Crippen molar-refractivity contribution >= 4 is 17.4 Å². The van der Waals surface area contributed by atoms with Gasteiger partial charge in [0.25, 0.3) is 5.91 Å². The smallest absolute Gasteiger partial charge is 0.251 e. The van der Waals surface area contributed by atoms with E-state index in [1.54, 1.807) is 32.2 Å². The molecule has 180 valence electrons. The summed E-state index contributed by atoms with van der Waals surface area (Å²) in [5, 5.41) is 16.5. The Balaban J connectivity index is 1.58. The standard InChI is InChI=1S/C27H28FN5O2/c1-16-12-18(6-11-21(16)26(34)31-20-9-10-20)23-13-29-25-24(30-15-27(2,3)35)32-22(14-33(23)25)17-4-7-19(28)8-5-17/h4-8,11-14,20,35H,9-10,15H2,1-3H3,(H,30,32)(H,31,34). The van der Waals surface area contributed by atoms with Crippen molar-refractivity contribution in [1.29, 1.82) is 0 Å². The van der Waals surface area contributed by atoms with E-state index in [2.05, 4.69) is 15.6 Å². The number of aliphatic hydroxyl groups is 1. The van der Waals surface area contributed by atoms with E-state index in [9.17, 15) is 14.3 Å². The maximum atomic E-state index is 13.5. The normalized spacial score (nSPS) is 13.7. The van der Waals surface area contributed by atoms with Crippen LogP contribution in [0, 0.1) is 12.7 Å². The third kappa shape index (κ3) is 5.02. The van der Waals surface area contributed by atoms with Gasteiger partial charge in [-0.25, -0.2) is 14.4 Å². The second-order valence-corrected chi connectivity index (χ2v) is 9.76. The molecular weight excluding hydrogens is 445 g/mol. The molecule has 0 unspecified atom stereocenters. The number of carbonyl (C=O) groups excluding carboxylic acids is 1. The lowest BCUT2D eigenvalue weighted by molar-refractivity contribution is 0.0939. The molecule has 0 aliphatic heterocycles. The molecule has 0 saturated heterocycles. The summed E-state index contributed by atoms with van der Waals surface area (Å²) in [5.74, 6) is 0.146. The first-order valence-corrected chi connectivity index (χ1v) is 11.7. The number of carbonyl (C=O) groups is 1. The number of halogens is 1. The first-order valence-electron chi connectivity index (χ1n) is 11.7. The summed E-state index contributed by atoms with van der Waals surface area (Å²) in [6.07, 6.45) is 5.71. The predicted molar refractivity (Wildman–Crippen MR) is 134 cm³/mol. The Morgan fingerprint density at radius 2 is 1.89 bits per heavy atom. The van der Waals surface area contributed by atoms with Crippen LogP contribution in [0.25, 0.3) is 28.2 Å². The molecule has 0 atom stereocenters. The molecule has 1 aliphatic rings. The van der Waals surface area contributed by atoms with E-state index in [4.69, 9.17) is 4.98 Å². The van der Waals surface area contributed by atoms with Gasteiger partial charge in [-0.05, 0) is 75.6 Å². The Bertz CT molecular complexity index is 1400. The second kappa shape index (κ2) is 8.78. The molecule has 0 spiro atoms. The molecule has 5 rings (SSSR count). The Morgan fingerprint density at radius 3 is 2.54 bits per heavy atom. The van der Waals surface area contributed by atoms with Gasteiger partial charge in [0.05, 0.1) is 23.2 Å². The number of amides is 1. The molecular formula is C27H28FN5O2. The van der Waals surface area contributed by atoms with Crippen molar-refractivity contribution in [2.75, 3.05) is 11.9 Å². The number of aromatic nitrogens is 3. The van der Waals surface area contributed by atoms with Crippen LogP contribution < -0.4 is 10.6 Å². The lowest BCUT2D eigenvalue weighted by Crippen LogP contribution is -2.29. The van der Waals surface area contributed by atoms with Gasteiger partial charge < -0.3 is 15.7 Å². The van der Waals surface area contributed by atoms with Crippen molar-refractivity contribution in [3.63, 3.8) is 0 Å². The zero-order valence-electron chi connectivity index (χ0n) is 20.0. The highest BCUT2D eigenvalue weighted by Crippen LogP contribution is 2.29. The number of aryl methyl sites for hydroxylation is 1. The van der Waals surface area contributed by atoms with E-state index in [0.29, 0.717) is 28.8 Å². The fraction of sp³-hybridized carbons (Fsp3) is 0.296. The molecule has 35 heavy (non-hydrogen) atoms. The number of rotatable bonds is 7. The van der Waals surface area contributed by atoms with Crippen LogP contribution in [-0.2, 0) is 0 Å². The van der Waals surface area contributed by atoms with Gasteiger partial charge in [0.1, 0.15) is 5.82 Å². The third-order valence-electron chi connectivity index (χ3n) is 6.00. The predicted octanol–water partition coefficient (Wildman–Crippen LogP) is 4.59. The number of imidazole rings is 1. The van der Waals surface area contributed by atoms with Gasteiger partial charge in [0.15, 0.2) is 11.5 Å². The highest BCUT2D eigenvalue weighted by Gasteiger charge is 2.24. The summed E-state index contributed by atoms with van der Waals surface area (Å²) < 4.78 is 15.4. The average molecular weight is 474 g/mol. The van der Waals surface area contributed by atoms with Gasteiger partial charge in [0.2, 0.25) is 0 Å². The number of fused-ring (bicyclic) bond motifs is 1. The maximum Gasteiger partial charge on any atom is 0.251 e. The quantitative estimate of drug-likeness (QED) is 0.365. The molecule has 7 nitrogen and oxygen atoms in total. The SMILES string of the molecule is Cc1cc(-c2cnc3c(NCC(C)(C)O)nc(-c4ccc(F)cc4)cn23)ccc1C(=O)NC1CC1. The van der Waals surface area contributed by atoms with Crippen LogP contribution in [0.5, 0.6) is 0 Å². The highest BCUT2D eigenvalue weighted by atomic mass is 19.1. The van der Waals surface area contributed by atoms with E-state index in [-0.39, 0.29) is 18.3 Å². The Morgan fingerprint density at radius 1 is 1.17 bits per heavy atom. The lowest BCUT2D eigenvalue weighted by Gasteiger charge is -2.19. The summed E-state index contributed by atoms with van der Waals surface area (Å²) in [5.41, 5.74) is 4.31. The summed E-state index contributed by atoms with van der Waals surface area (Å²) in [6.45, 7) is 5.62. The number of nitrogens with one attached hydrogen (secondary N) is 2. The van der Waals surface area contributed by atoms with Crippen molar-refractivity contribution in [3.05, 3.63) is 71.8 Å². The minimum atomic E-state index is -0.950. The maximum absolute atomic E-state index is 13.5. The average Bonchev–Trinajstić information content (AvgIpc) is 3.52. The van der Waals surface area contributed by atoms with Crippen molar-refractivity contribution in [3.8, 4) is 22.5 Å². The molecule has 1 amide bonds. The molecule has 1 saturated carbocycles. The topological polar surface area (TPSA) is 91.6 Å². The fourth-order valence-corrected chi connectivity index (χ4v) is 3.95. The monoisotopic (exact) mass is 473 g/mol. The molecule has 2 aromatic carbocycles. The zero-order valence-corrected chi connectivity index (χ0v) is 20.0. The van der Waals surface area contributed by atoms with E-state index >= 15 is 0 Å². The van der Waals surface area contributed by atoms with E-state index in [1.807, 2.05) is 35.7 Å². The van der Waals surface area contributed by atoms with E-state index < -0.39 is 5.60 Å². The Labute approximate surface area is 203 Å². The van der Waals surface area contributed by atoms with Crippen LogP contribution in [0.2, 0.25) is 0 Å². The van der Waals surface area contributed by atoms with Gasteiger partial charge in [0, 0.05) is 35.5 Å². The van der Waals surface area contributed by atoms with Crippen molar-refractivity contribution in [2.24, 2.45) is 0 Å². The first kappa shape index (κ1) is 23.0. The molecule has 4 aromatic rings. The summed E-state index contributed by atoms with van der Waals surface area (Å²) in [7, 11) is 0. The molecule has 2 heterocycles. The molecule has 0 bridgehead atoms. The lowest BCUT2D eigenvalue weighted by atomic mass is 10.0. The molecule has 1 aliphatic carbocycles. The van der Waals surface area contributed by atoms with Crippen LogP contribution in [0.1, 0.15) is 42.6 Å². The van der Waals surface area contributed by atoms with E-state index in [0.717, 1.165) is 35.2 Å². The summed E-state index contributed by atoms with van der Waals surface area (Å²) >= 11 is 0. The van der Waals surface area contributed by atoms with Crippen LogP contribution in [0.4, 0.5) is 10.2 Å². The van der Waals surface area contributed by atoms with Crippen LogP contribution in [-0.4, -0.2) is 43.6 Å². The largest absolute Gasteiger partial charge is 0.389 e. The van der Waals surface area contributed by atoms with Crippen LogP contribution in [0.3, 0.4) is 0 Å². The zero-order chi connectivity index (χ0) is 24.7. The van der Waals surface area contributed by atoms with Crippen LogP contribution in [0.15, 0.2) is 54.9 Å². The molecule has 3 N–H and O–H groups in total. The van der Waals surface area contributed by atoms with Gasteiger partial charge in [-0.2, -0.15) is 0 Å². The second-order valence-electron chi connectivity index (χ2n) is 9.76. The molecule has 1 fully saturated rings. The Hall–Kier alpha value is -3.78. The number of hydrogen-bond acceptors (Lipinski definition) is 5. The van der Waals surface area contributed by atoms with Crippen molar-refractivity contribution in [1.82, 2.24) is 19.7 Å². The van der Waals surface area contributed by atoms with Crippen LogP contribution >= 0.6 is 0 Å². The first-order chi connectivity index (χ1) is 16.7. The van der Waals surface area contributed by atoms with Gasteiger partial charge in [-0.3, -0.25) is 9.20 Å². The molecule has 8 heteroatoms. The number of nitrogens with zero attached hydrogens (tertiary/aromatic N) is 3. The number of anilines is 1. The van der Waals surface area contributed by atoms with Crippen molar-refractivity contribution in [2.45, 2.75) is 45.3 Å². The van der Waals surface area contributed by atoms with Crippen molar-refractivity contribution < 1.29 is 14.3 Å². The minimum absolute atomic E-state index is 0.0457. The van der Waals surface area contributed by atoms with Gasteiger partial charge in [-0.15, -0.1) is 0 Å². The number of hydrogen-bond donors (Lipinski definition) is 3. The number of benzene rings is 2. The summed E-state index contributed by atoms with van der Waals surface area (Å²) in [6, 6.07) is 12.2. The van der Waals surface area contributed by atoms with Gasteiger partial charge >= 0.3 is 0 Å². The molecule has 2 aromatic heterocycles. The Kier molecular flexibility index (Phi) is 5.76. The van der Waals surface area contributed by atoms with Gasteiger partial charge in [-0.1, -0.05) is 6.07 Å².